The topological polar surface area (TPSA) is 66.8 Å². The number of carbonyl (C=O) groups is 2. The number of Topliss-reactive ketones (excluding diaryl/α,β-unsaturated/α-hetero) is 1. The van der Waals surface area contributed by atoms with Gasteiger partial charge in [0, 0.05) is 24.9 Å². The van der Waals surface area contributed by atoms with Crippen LogP contribution in [0.25, 0.3) is 0 Å². The fourth-order valence-electron chi connectivity index (χ4n) is 2.95. The minimum Gasteiger partial charge on any atom is -0.444 e. The molecule has 0 aromatic heterocycles. The first-order valence-corrected chi connectivity index (χ1v) is 6.81. The molecule has 0 radical (unpaired) electrons. The van der Waals surface area contributed by atoms with Crippen molar-refractivity contribution < 1.29 is 19.4 Å². The van der Waals surface area contributed by atoms with Gasteiger partial charge in [-0.25, -0.2) is 4.79 Å². The molecule has 1 aliphatic carbocycles. The van der Waals surface area contributed by atoms with Gasteiger partial charge in [-0.2, -0.15) is 0 Å². The first-order chi connectivity index (χ1) is 8.57. The summed E-state index contributed by atoms with van der Waals surface area (Å²) in [6, 6.07) is 0. The summed E-state index contributed by atoms with van der Waals surface area (Å²) < 4.78 is 5.33. The van der Waals surface area contributed by atoms with Crippen molar-refractivity contribution in [3.8, 4) is 0 Å². The van der Waals surface area contributed by atoms with Crippen LogP contribution in [0.15, 0.2) is 0 Å². The summed E-state index contributed by atoms with van der Waals surface area (Å²) in [5, 5.41) is 10.2. The summed E-state index contributed by atoms with van der Waals surface area (Å²) in [4.78, 5) is 25.1. The monoisotopic (exact) mass is 269 g/mol. The van der Waals surface area contributed by atoms with Crippen molar-refractivity contribution in [2.24, 2.45) is 5.41 Å². The number of rotatable bonds is 0. The van der Waals surface area contributed by atoms with Crippen LogP contribution < -0.4 is 0 Å². The SMILES string of the molecule is CC(C)(C)OC(=O)N1CCC2(CC1)CC(=O)C2(C)O. The Morgan fingerprint density at radius 1 is 1.32 bits per heavy atom. The van der Waals surface area contributed by atoms with Crippen LogP contribution in [0.4, 0.5) is 4.79 Å². The molecule has 0 aromatic carbocycles. The summed E-state index contributed by atoms with van der Waals surface area (Å²) in [7, 11) is 0. The number of aliphatic hydroxyl groups is 1. The number of nitrogens with zero attached hydrogens (tertiary/aromatic N) is 1. The number of ether oxygens (including phenoxy) is 1. The number of hydrogen-bond acceptors (Lipinski definition) is 4. The number of ketones is 1. The summed E-state index contributed by atoms with van der Waals surface area (Å²) in [6.45, 7) is 8.20. The zero-order valence-electron chi connectivity index (χ0n) is 12.2. The average molecular weight is 269 g/mol. The van der Waals surface area contributed by atoms with Gasteiger partial charge in [-0.3, -0.25) is 4.79 Å². The van der Waals surface area contributed by atoms with Gasteiger partial charge in [0.1, 0.15) is 11.2 Å². The van der Waals surface area contributed by atoms with Crippen molar-refractivity contribution in [2.45, 2.75) is 58.2 Å². The number of amides is 1. The van der Waals surface area contributed by atoms with Crippen LogP contribution >= 0.6 is 0 Å². The van der Waals surface area contributed by atoms with Crippen LogP contribution in [-0.4, -0.2) is 46.2 Å². The molecule has 1 amide bonds. The smallest absolute Gasteiger partial charge is 0.410 e. The van der Waals surface area contributed by atoms with Gasteiger partial charge < -0.3 is 14.7 Å². The van der Waals surface area contributed by atoms with Gasteiger partial charge in [-0.15, -0.1) is 0 Å². The Morgan fingerprint density at radius 2 is 1.84 bits per heavy atom. The molecular formula is C14H23NO4. The molecule has 2 aliphatic rings. The lowest BCUT2D eigenvalue weighted by atomic mass is 9.52. The molecule has 1 heterocycles. The molecule has 1 spiro atoms. The molecule has 1 N–H and O–H groups in total. The highest BCUT2D eigenvalue weighted by atomic mass is 16.6. The second kappa shape index (κ2) is 4.20. The Bertz CT molecular complexity index is 400. The van der Waals surface area contributed by atoms with Gasteiger partial charge in [0.2, 0.25) is 0 Å². The third-order valence-electron chi connectivity index (χ3n) is 4.45. The molecule has 108 valence electrons. The molecule has 2 rings (SSSR count). The molecule has 1 unspecified atom stereocenters. The van der Waals surface area contributed by atoms with Crippen LogP contribution in [-0.2, 0) is 9.53 Å². The number of likely N-dealkylation sites (tertiary alicyclic amines) is 1. The summed E-state index contributed by atoms with van der Waals surface area (Å²) in [5.74, 6) is -0.0850. The van der Waals surface area contributed by atoms with E-state index in [0.29, 0.717) is 32.4 Å². The largest absolute Gasteiger partial charge is 0.444 e. The molecule has 1 saturated carbocycles. The van der Waals surface area contributed by atoms with E-state index in [1.54, 1.807) is 11.8 Å². The lowest BCUT2D eigenvalue weighted by Gasteiger charge is -2.56. The van der Waals surface area contributed by atoms with Crippen molar-refractivity contribution in [1.82, 2.24) is 4.90 Å². The van der Waals surface area contributed by atoms with E-state index in [4.69, 9.17) is 4.74 Å². The van der Waals surface area contributed by atoms with Gasteiger partial charge in [0.05, 0.1) is 0 Å². The van der Waals surface area contributed by atoms with E-state index in [1.165, 1.54) is 0 Å². The molecular weight excluding hydrogens is 246 g/mol. The molecule has 1 aliphatic heterocycles. The minimum atomic E-state index is -1.22. The van der Waals surface area contributed by atoms with E-state index < -0.39 is 11.2 Å². The normalized spacial score (nSPS) is 30.2. The Morgan fingerprint density at radius 3 is 2.21 bits per heavy atom. The summed E-state index contributed by atoms with van der Waals surface area (Å²) in [5.41, 5.74) is -2.04. The van der Waals surface area contributed by atoms with Crippen molar-refractivity contribution in [3.05, 3.63) is 0 Å². The van der Waals surface area contributed by atoms with E-state index in [9.17, 15) is 14.7 Å². The fraction of sp³-hybridized carbons (Fsp3) is 0.857. The lowest BCUT2D eigenvalue weighted by molar-refractivity contribution is -0.188. The van der Waals surface area contributed by atoms with Crippen LogP contribution in [0.3, 0.4) is 0 Å². The van der Waals surface area contributed by atoms with Crippen LogP contribution in [0.1, 0.15) is 47.0 Å². The Balaban J connectivity index is 1.94. The van der Waals surface area contributed by atoms with Crippen LogP contribution in [0, 0.1) is 5.41 Å². The zero-order chi connectivity index (χ0) is 14.5. The second-order valence-corrected chi connectivity index (χ2v) is 6.92. The summed E-state index contributed by atoms with van der Waals surface area (Å²) >= 11 is 0. The quantitative estimate of drug-likeness (QED) is 0.727. The van der Waals surface area contributed by atoms with Gasteiger partial charge in [-0.1, -0.05) is 0 Å². The highest BCUT2D eigenvalue weighted by Gasteiger charge is 2.62. The standard InChI is InChI=1S/C14H23NO4/c1-12(2,3)19-11(17)15-7-5-14(6-8-15)9-10(16)13(14,4)18/h18H,5-9H2,1-4H3. The van der Waals surface area contributed by atoms with Crippen molar-refractivity contribution in [2.75, 3.05) is 13.1 Å². The molecule has 2 fully saturated rings. The molecule has 19 heavy (non-hydrogen) atoms. The molecule has 0 bridgehead atoms. The third kappa shape index (κ3) is 2.36. The van der Waals surface area contributed by atoms with Gasteiger partial charge in [0.25, 0.3) is 0 Å². The third-order valence-corrected chi connectivity index (χ3v) is 4.45. The number of hydrogen-bond donors (Lipinski definition) is 1. The maximum absolute atomic E-state index is 11.9. The molecule has 5 nitrogen and oxygen atoms in total. The van der Waals surface area contributed by atoms with Crippen molar-refractivity contribution in [1.29, 1.82) is 0 Å². The maximum Gasteiger partial charge on any atom is 0.410 e. The zero-order valence-corrected chi connectivity index (χ0v) is 12.2. The Kier molecular flexibility index (Phi) is 3.16. The first kappa shape index (κ1) is 14.3. The van der Waals surface area contributed by atoms with Crippen molar-refractivity contribution in [3.63, 3.8) is 0 Å². The van der Waals surface area contributed by atoms with E-state index in [2.05, 4.69) is 0 Å². The predicted molar refractivity (Wildman–Crippen MR) is 69.7 cm³/mol. The van der Waals surface area contributed by atoms with Crippen LogP contribution in [0.5, 0.6) is 0 Å². The average Bonchev–Trinajstić information content (AvgIpc) is 2.27. The molecule has 1 saturated heterocycles. The van der Waals surface area contributed by atoms with Gasteiger partial charge in [-0.05, 0) is 40.5 Å². The molecule has 5 heteroatoms. The number of piperidine rings is 1. The lowest BCUT2D eigenvalue weighted by Crippen LogP contribution is -2.66. The number of carbonyl (C=O) groups excluding carboxylic acids is 2. The molecule has 0 aromatic rings. The molecule has 1 atom stereocenters. The van der Waals surface area contributed by atoms with E-state index in [-0.39, 0.29) is 17.3 Å². The van der Waals surface area contributed by atoms with E-state index >= 15 is 0 Å². The fourth-order valence-corrected chi connectivity index (χ4v) is 2.95. The predicted octanol–water partition coefficient (Wildman–Crippen LogP) is 1.73. The van der Waals surface area contributed by atoms with E-state index in [1.807, 2.05) is 20.8 Å². The second-order valence-electron chi connectivity index (χ2n) is 6.92. The van der Waals surface area contributed by atoms with Crippen LogP contribution in [0.2, 0.25) is 0 Å². The van der Waals surface area contributed by atoms with Gasteiger partial charge >= 0.3 is 6.09 Å². The highest BCUT2D eigenvalue weighted by Crippen LogP contribution is 2.53. The van der Waals surface area contributed by atoms with Gasteiger partial charge in [0.15, 0.2) is 5.78 Å². The minimum absolute atomic E-state index is 0.0850. The maximum atomic E-state index is 11.9. The van der Waals surface area contributed by atoms with Crippen molar-refractivity contribution >= 4 is 11.9 Å². The Labute approximate surface area is 113 Å². The summed E-state index contributed by atoms with van der Waals surface area (Å²) in [6.07, 6.45) is 1.44. The first-order valence-electron chi connectivity index (χ1n) is 6.81. The highest BCUT2D eigenvalue weighted by molar-refractivity contribution is 5.95. The van der Waals surface area contributed by atoms with E-state index in [0.717, 1.165) is 0 Å². The Hall–Kier alpha value is -1.10.